The van der Waals surface area contributed by atoms with Crippen molar-refractivity contribution in [3.8, 4) is 0 Å². The lowest BCUT2D eigenvalue weighted by Gasteiger charge is -2.34. The molecule has 2 nitrogen and oxygen atoms in total. The fraction of sp³-hybridized carbons (Fsp3) is 0.692. The number of hydrogen-bond donors (Lipinski definition) is 1. The van der Waals surface area contributed by atoms with Crippen molar-refractivity contribution in [1.82, 2.24) is 4.90 Å². The fourth-order valence-electron chi connectivity index (χ4n) is 2.86. The SMILES string of the molecule is CCN(C1CCCC1)C(CN)c1cccs1. The van der Waals surface area contributed by atoms with Gasteiger partial charge in [0.25, 0.3) is 0 Å². The summed E-state index contributed by atoms with van der Waals surface area (Å²) in [5.41, 5.74) is 5.97. The minimum atomic E-state index is 0.438. The zero-order valence-corrected chi connectivity index (χ0v) is 10.9. The van der Waals surface area contributed by atoms with Crippen LogP contribution in [0, 0.1) is 0 Å². The van der Waals surface area contributed by atoms with Gasteiger partial charge in [0.05, 0.1) is 6.04 Å². The molecular weight excluding hydrogens is 216 g/mol. The number of likely N-dealkylation sites (N-methyl/N-ethyl adjacent to an activating group) is 1. The van der Waals surface area contributed by atoms with Gasteiger partial charge in [0.15, 0.2) is 0 Å². The van der Waals surface area contributed by atoms with E-state index >= 15 is 0 Å². The van der Waals surface area contributed by atoms with Crippen LogP contribution < -0.4 is 5.73 Å². The molecule has 1 unspecified atom stereocenters. The summed E-state index contributed by atoms with van der Waals surface area (Å²) < 4.78 is 0. The lowest BCUT2D eigenvalue weighted by Crippen LogP contribution is -2.39. The first-order chi connectivity index (χ1) is 7.86. The number of hydrogen-bond acceptors (Lipinski definition) is 3. The average molecular weight is 238 g/mol. The number of nitrogens with zero attached hydrogens (tertiary/aromatic N) is 1. The highest BCUT2D eigenvalue weighted by atomic mass is 32.1. The van der Waals surface area contributed by atoms with E-state index in [-0.39, 0.29) is 0 Å². The van der Waals surface area contributed by atoms with Crippen molar-refractivity contribution in [2.24, 2.45) is 5.73 Å². The molecule has 0 bridgehead atoms. The van der Waals surface area contributed by atoms with Crippen molar-refractivity contribution < 1.29 is 0 Å². The molecule has 1 aliphatic rings. The summed E-state index contributed by atoms with van der Waals surface area (Å²) >= 11 is 1.84. The maximum Gasteiger partial charge on any atom is 0.0566 e. The van der Waals surface area contributed by atoms with E-state index in [1.807, 2.05) is 11.3 Å². The van der Waals surface area contributed by atoms with Crippen LogP contribution in [0.5, 0.6) is 0 Å². The van der Waals surface area contributed by atoms with Crippen LogP contribution in [0.25, 0.3) is 0 Å². The summed E-state index contributed by atoms with van der Waals surface area (Å²) in [5.74, 6) is 0. The van der Waals surface area contributed by atoms with Crippen LogP contribution >= 0.6 is 11.3 Å². The Morgan fingerprint density at radius 1 is 1.50 bits per heavy atom. The Morgan fingerprint density at radius 3 is 2.75 bits per heavy atom. The number of nitrogens with two attached hydrogens (primary N) is 1. The normalized spacial score (nSPS) is 19.4. The van der Waals surface area contributed by atoms with Crippen molar-refractivity contribution in [3.63, 3.8) is 0 Å². The minimum absolute atomic E-state index is 0.438. The second-order valence-corrected chi connectivity index (χ2v) is 5.51. The van der Waals surface area contributed by atoms with Crippen LogP contribution in [0.1, 0.15) is 43.5 Å². The monoisotopic (exact) mass is 238 g/mol. The smallest absolute Gasteiger partial charge is 0.0566 e. The Hall–Kier alpha value is -0.380. The van der Waals surface area contributed by atoms with Crippen molar-refractivity contribution >= 4 is 11.3 Å². The third kappa shape index (κ3) is 2.47. The van der Waals surface area contributed by atoms with Gasteiger partial charge in [-0.2, -0.15) is 0 Å². The zero-order valence-electron chi connectivity index (χ0n) is 10.1. The summed E-state index contributed by atoms with van der Waals surface area (Å²) in [5, 5.41) is 2.15. The summed E-state index contributed by atoms with van der Waals surface area (Å²) in [6, 6.07) is 5.55. The molecule has 1 heterocycles. The standard InChI is InChI=1S/C13H22N2S/c1-2-15(11-6-3-4-7-11)12(10-14)13-8-5-9-16-13/h5,8-9,11-12H,2-4,6-7,10,14H2,1H3. The fourth-order valence-corrected chi connectivity index (χ4v) is 3.72. The molecule has 3 heteroatoms. The van der Waals surface area contributed by atoms with Crippen molar-refractivity contribution in [2.75, 3.05) is 13.1 Å². The van der Waals surface area contributed by atoms with Crippen molar-refractivity contribution in [1.29, 1.82) is 0 Å². The highest BCUT2D eigenvalue weighted by molar-refractivity contribution is 7.10. The maximum atomic E-state index is 5.97. The Balaban J connectivity index is 2.11. The summed E-state index contributed by atoms with van der Waals surface area (Å²) in [6.45, 7) is 4.11. The summed E-state index contributed by atoms with van der Waals surface area (Å²) in [4.78, 5) is 4.04. The van der Waals surface area contributed by atoms with Crippen LogP contribution in [0.4, 0.5) is 0 Å². The molecule has 2 rings (SSSR count). The van der Waals surface area contributed by atoms with Gasteiger partial charge in [-0.1, -0.05) is 25.8 Å². The zero-order chi connectivity index (χ0) is 11.4. The molecule has 0 radical (unpaired) electrons. The first-order valence-electron chi connectivity index (χ1n) is 6.36. The molecular formula is C13H22N2S. The molecule has 16 heavy (non-hydrogen) atoms. The van der Waals surface area contributed by atoms with Gasteiger partial charge < -0.3 is 5.73 Å². The highest BCUT2D eigenvalue weighted by Gasteiger charge is 2.28. The predicted molar refractivity (Wildman–Crippen MR) is 70.8 cm³/mol. The molecule has 2 N–H and O–H groups in total. The van der Waals surface area contributed by atoms with Gasteiger partial charge in [-0.05, 0) is 30.8 Å². The van der Waals surface area contributed by atoms with Gasteiger partial charge in [0.1, 0.15) is 0 Å². The first-order valence-corrected chi connectivity index (χ1v) is 7.24. The van der Waals surface area contributed by atoms with Crippen LogP contribution in [0.3, 0.4) is 0 Å². The largest absolute Gasteiger partial charge is 0.329 e. The maximum absolute atomic E-state index is 5.97. The van der Waals surface area contributed by atoms with E-state index in [9.17, 15) is 0 Å². The highest BCUT2D eigenvalue weighted by Crippen LogP contribution is 2.32. The molecule has 1 aliphatic carbocycles. The van der Waals surface area contributed by atoms with E-state index < -0.39 is 0 Å². The van der Waals surface area contributed by atoms with Gasteiger partial charge in [0.2, 0.25) is 0 Å². The molecule has 0 aromatic carbocycles. The second kappa shape index (κ2) is 5.80. The predicted octanol–water partition coefficient (Wildman–Crippen LogP) is 3.01. The Bertz CT molecular complexity index is 291. The number of rotatable bonds is 5. The molecule has 1 fully saturated rings. The Labute approximate surface area is 102 Å². The van der Waals surface area contributed by atoms with Gasteiger partial charge in [-0.25, -0.2) is 0 Å². The molecule has 1 saturated carbocycles. The molecule has 1 aromatic heterocycles. The number of thiophene rings is 1. The van der Waals surface area contributed by atoms with E-state index in [1.54, 1.807) is 0 Å². The quantitative estimate of drug-likeness (QED) is 0.854. The van der Waals surface area contributed by atoms with Crippen molar-refractivity contribution in [3.05, 3.63) is 22.4 Å². The lowest BCUT2D eigenvalue weighted by molar-refractivity contribution is 0.149. The Kier molecular flexibility index (Phi) is 4.38. The van der Waals surface area contributed by atoms with Crippen LogP contribution in [-0.2, 0) is 0 Å². The first kappa shape index (κ1) is 12.1. The molecule has 1 atom stereocenters. The molecule has 1 aromatic rings. The minimum Gasteiger partial charge on any atom is -0.329 e. The van der Waals surface area contributed by atoms with E-state index in [0.717, 1.165) is 19.1 Å². The van der Waals surface area contributed by atoms with E-state index in [2.05, 4.69) is 29.3 Å². The summed E-state index contributed by atoms with van der Waals surface area (Å²) in [6.07, 6.45) is 5.50. The molecule has 0 saturated heterocycles. The van der Waals surface area contributed by atoms with Gasteiger partial charge in [-0.15, -0.1) is 11.3 Å². The summed E-state index contributed by atoms with van der Waals surface area (Å²) in [7, 11) is 0. The molecule has 0 aliphatic heterocycles. The topological polar surface area (TPSA) is 29.3 Å². The van der Waals surface area contributed by atoms with E-state index in [1.165, 1.54) is 30.6 Å². The third-order valence-corrected chi connectivity index (χ3v) is 4.63. The lowest BCUT2D eigenvalue weighted by atomic mass is 10.1. The van der Waals surface area contributed by atoms with Crippen molar-refractivity contribution in [2.45, 2.75) is 44.7 Å². The van der Waals surface area contributed by atoms with E-state index in [0.29, 0.717) is 6.04 Å². The van der Waals surface area contributed by atoms with Crippen LogP contribution in [-0.4, -0.2) is 24.0 Å². The van der Waals surface area contributed by atoms with Crippen LogP contribution in [0.15, 0.2) is 17.5 Å². The average Bonchev–Trinajstić information content (AvgIpc) is 2.97. The van der Waals surface area contributed by atoms with Gasteiger partial charge in [0, 0.05) is 17.5 Å². The molecule has 90 valence electrons. The second-order valence-electron chi connectivity index (χ2n) is 4.54. The molecule has 0 amide bonds. The molecule has 0 spiro atoms. The van der Waals surface area contributed by atoms with Gasteiger partial charge in [-0.3, -0.25) is 4.90 Å². The van der Waals surface area contributed by atoms with Crippen LogP contribution in [0.2, 0.25) is 0 Å². The third-order valence-electron chi connectivity index (χ3n) is 3.65. The Morgan fingerprint density at radius 2 is 2.25 bits per heavy atom. The van der Waals surface area contributed by atoms with E-state index in [4.69, 9.17) is 5.73 Å². The van der Waals surface area contributed by atoms with Gasteiger partial charge >= 0.3 is 0 Å².